The maximum Gasteiger partial charge on any atom is 0.325 e. The molecule has 0 saturated carbocycles. The van der Waals surface area contributed by atoms with Gasteiger partial charge in [0.1, 0.15) is 17.8 Å². The van der Waals surface area contributed by atoms with E-state index in [9.17, 15) is 14.4 Å². The maximum absolute atomic E-state index is 13.1. The van der Waals surface area contributed by atoms with E-state index >= 15 is 0 Å². The van der Waals surface area contributed by atoms with Gasteiger partial charge < -0.3 is 15.0 Å². The van der Waals surface area contributed by atoms with E-state index in [-0.39, 0.29) is 12.5 Å². The lowest BCUT2D eigenvalue weighted by molar-refractivity contribution is -0.139. The molecule has 1 atom stereocenters. The van der Waals surface area contributed by atoms with E-state index in [2.05, 4.69) is 5.32 Å². The summed E-state index contributed by atoms with van der Waals surface area (Å²) in [4.78, 5) is 41.5. The molecule has 1 fully saturated rings. The van der Waals surface area contributed by atoms with E-state index in [1.165, 1.54) is 0 Å². The predicted octanol–water partition coefficient (Wildman–Crippen LogP) is 3.21. The summed E-state index contributed by atoms with van der Waals surface area (Å²) < 4.78 is 5.16. The van der Waals surface area contributed by atoms with Gasteiger partial charge in [-0.1, -0.05) is 48.9 Å². The van der Waals surface area contributed by atoms with Gasteiger partial charge in [0.15, 0.2) is 0 Å². The van der Waals surface area contributed by atoms with Crippen molar-refractivity contribution in [1.29, 1.82) is 0 Å². The Balaban J connectivity index is 1.75. The standard InChI is InChI=1S/C24H29N3O4/c1-5-14-26(15-18-8-6-17(2)7-9-18)21(28)16-27-22(29)24(3,25-23(27)30)19-10-12-20(31-4)13-11-19/h6-13H,5,14-16H2,1-4H3,(H,25,30). The van der Waals surface area contributed by atoms with E-state index in [4.69, 9.17) is 4.74 Å². The van der Waals surface area contributed by atoms with Crippen molar-refractivity contribution in [2.75, 3.05) is 20.2 Å². The van der Waals surface area contributed by atoms with Crippen LogP contribution in [0, 0.1) is 6.92 Å². The van der Waals surface area contributed by atoms with Crippen LogP contribution in [-0.4, -0.2) is 47.8 Å². The van der Waals surface area contributed by atoms with Crippen molar-refractivity contribution < 1.29 is 19.1 Å². The lowest BCUT2D eigenvalue weighted by Crippen LogP contribution is -2.44. The first-order chi connectivity index (χ1) is 14.8. The van der Waals surface area contributed by atoms with Crippen LogP contribution in [0.25, 0.3) is 0 Å². The van der Waals surface area contributed by atoms with Gasteiger partial charge in [0.2, 0.25) is 5.91 Å². The highest BCUT2D eigenvalue weighted by molar-refractivity contribution is 6.09. The average molecular weight is 424 g/mol. The molecular formula is C24H29N3O4. The third-order valence-corrected chi connectivity index (χ3v) is 5.58. The Kier molecular flexibility index (Phi) is 6.63. The van der Waals surface area contributed by atoms with Gasteiger partial charge in [-0.05, 0) is 43.5 Å². The molecule has 1 heterocycles. The topological polar surface area (TPSA) is 79.0 Å². The van der Waals surface area contributed by atoms with Gasteiger partial charge in [-0.3, -0.25) is 14.5 Å². The highest BCUT2D eigenvalue weighted by Crippen LogP contribution is 2.30. The van der Waals surface area contributed by atoms with E-state index in [1.807, 2.05) is 38.1 Å². The first kappa shape index (κ1) is 22.3. The smallest absolute Gasteiger partial charge is 0.325 e. The van der Waals surface area contributed by atoms with Gasteiger partial charge in [-0.2, -0.15) is 0 Å². The highest BCUT2D eigenvalue weighted by Gasteiger charge is 2.49. The Bertz CT molecular complexity index is 956. The lowest BCUT2D eigenvalue weighted by atomic mass is 9.92. The summed E-state index contributed by atoms with van der Waals surface area (Å²) in [5, 5.41) is 2.74. The quantitative estimate of drug-likeness (QED) is 0.662. The zero-order valence-electron chi connectivity index (χ0n) is 18.5. The van der Waals surface area contributed by atoms with Crippen LogP contribution in [0.15, 0.2) is 48.5 Å². The number of ether oxygens (including phenoxy) is 1. The molecule has 7 heteroatoms. The monoisotopic (exact) mass is 423 g/mol. The van der Waals surface area contributed by atoms with Crippen LogP contribution in [-0.2, 0) is 21.7 Å². The second-order valence-corrected chi connectivity index (χ2v) is 7.98. The number of benzene rings is 2. The average Bonchev–Trinajstić information content (AvgIpc) is 2.98. The van der Waals surface area contributed by atoms with Crippen molar-refractivity contribution in [2.24, 2.45) is 0 Å². The summed E-state index contributed by atoms with van der Waals surface area (Å²) in [5.41, 5.74) is 1.56. The fraction of sp³-hybridized carbons (Fsp3) is 0.375. The van der Waals surface area contributed by atoms with Gasteiger partial charge in [0, 0.05) is 13.1 Å². The number of urea groups is 1. The number of amides is 4. The molecule has 31 heavy (non-hydrogen) atoms. The van der Waals surface area contributed by atoms with E-state index < -0.39 is 17.5 Å². The Morgan fingerprint density at radius 2 is 1.74 bits per heavy atom. The molecule has 2 aromatic carbocycles. The number of hydrogen-bond donors (Lipinski definition) is 1. The van der Waals surface area contributed by atoms with Gasteiger partial charge in [0.05, 0.1) is 7.11 Å². The number of nitrogens with zero attached hydrogens (tertiary/aromatic N) is 2. The van der Waals surface area contributed by atoms with E-state index in [1.54, 1.807) is 43.2 Å². The number of hydrogen-bond acceptors (Lipinski definition) is 4. The van der Waals surface area contributed by atoms with Crippen molar-refractivity contribution in [3.8, 4) is 5.75 Å². The molecule has 0 radical (unpaired) electrons. The predicted molar refractivity (Wildman–Crippen MR) is 117 cm³/mol. The zero-order chi connectivity index (χ0) is 22.6. The second kappa shape index (κ2) is 9.20. The SMILES string of the molecule is CCCN(Cc1ccc(C)cc1)C(=O)CN1C(=O)NC(C)(c2ccc(OC)cc2)C1=O. The van der Waals surface area contributed by atoms with Gasteiger partial charge in [0.25, 0.3) is 5.91 Å². The molecule has 0 aromatic heterocycles. The summed E-state index contributed by atoms with van der Waals surface area (Å²) in [6, 6.07) is 14.4. The molecule has 1 unspecified atom stereocenters. The fourth-order valence-corrected chi connectivity index (χ4v) is 3.67. The minimum atomic E-state index is -1.23. The van der Waals surface area contributed by atoms with Gasteiger partial charge in [-0.25, -0.2) is 4.79 Å². The molecule has 0 aliphatic carbocycles. The molecule has 3 rings (SSSR count). The number of nitrogens with one attached hydrogen (secondary N) is 1. The number of rotatable bonds is 8. The summed E-state index contributed by atoms with van der Waals surface area (Å²) >= 11 is 0. The molecule has 0 spiro atoms. The van der Waals surface area contributed by atoms with Crippen LogP contribution in [0.2, 0.25) is 0 Å². The van der Waals surface area contributed by atoms with Crippen LogP contribution < -0.4 is 10.1 Å². The molecule has 1 saturated heterocycles. The van der Waals surface area contributed by atoms with Gasteiger partial charge >= 0.3 is 6.03 Å². The van der Waals surface area contributed by atoms with E-state index in [0.29, 0.717) is 24.4 Å². The summed E-state index contributed by atoms with van der Waals surface area (Å²) in [5.74, 6) is -0.0461. The van der Waals surface area contributed by atoms with Crippen molar-refractivity contribution in [3.63, 3.8) is 0 Å². The zero-order valence-corrected chi connectivity index (χ0v) is 18.5. The van der Waals surface area contributed by atoms with Crippen molar-refractivity contribution in [2.45, 2.75) is 39.3 Å². The fourth-order valence-electron chi connectivity index (χ4n) is 3.67. The third-order valence-electron chi connectivity index (χ3n) is 5.58. The summed E-state index contributed by atoms with van der Waals surface area (Å²) in [6.07, 6.45) is 0.779. The minimum Gasteiger partial charge on any atom is -0.497 e. The minimum absolute atomic E-state index is 0.259. The number of methoxy groups -OCH3 is 1. The summed E-state index contributed by atoms with van der Waals surface area (Å²) in [6.45, 7) is 6.34. The number of imide groups is 1. The van der Waals surface area contributed by atoms with Crippen LogP contribution in [0.4, 0.5) is 4.79 Å². The largest absolute Gasteiger partial charge is 0.497 e. The summed E-state index contributed by atoms with van der Waals surface area (Å²) in [7, 11) is 1.56. The number of carbonyl (C=O) groups is 3. The molecular weight excluding hydrogens is 394 g/mol. The lowest BCUT2D eigenvalue weighted by Gasteiger charge is -2.25. The maximum atomic E-state index is 13.1. The first-order valence-electron chi connectivity index (χ1n) is 10.4. The van der Waals surface area contributed by atoms with Gasteiger partial charge in [-0.15, -0.1) is 0 Å². The van der Waals surface area contributed by atoms with Crippen molar-refractivity contribution >= 4 is 17.8 Å². The van der Waals surface area contributed by atoms with Crippen molar-refractivity contribution in [1.82, 2.24) is 15.1 Å². The molecule has 1 N–H and O–H groups in total. The second-order valence-electron chi connectivity index (χ2n) is 7.98. The molecule has 7 nitrogen and oxygen atoms in total. The number of carbonyl (C=O) groups excluding carboxylic acids is 3. The van der Waals surface area contributed by atoms with Crippen molar-refractivity contribution in [3.05, 3.63) is 65.2 Å². The molecule has 1 aliphatic rings. The first-order valence-corrected chi connectivity index (χ1v) is 10.4. The van der Waals surface area contributed by atoms with Crippen LogP contribution in [0.1, 0.15) is 37.0 Å². The Morgan fingerprint density at radius 3 is 2.32 bits per heavy atom. The molecule has 164 valence electrons. The normalized spacial score (nSPS) is 18.1. The Labute approximate surface area is 183 Å². The Morgan fingerprint density at radius 1 is 1.10 bits per heavy atom. The highest BCUT2D eigenvalue weighted by atomic mass is 16.5. The molecule has 4 amide bonds. The van der Waals surface area contributed by atoms with E-state index in [0.717, 1.165) is 22.4 Å². The van der Waals surface area contributed by atoms with Crippen LogP contribution >= 0.6 is 0 Å². The Hall–Kier alpha value is -3.35. The molecule has 2 aromatic rings. The third kappa shape index (κ3) is 4.71. The van der Waals surface area contributed by atoms with Crippen LogP contribution in [0.5, 0.6) is 5.75 Å². The molecule has 0 bridgehead atoms. The number of aryl methyl sites for hydroxylation is 1. The van der Waals surface area contributed by atoms with Crippen LogP contribution in [0.3, 0.4) is 0 Å². The molecule has 1 aliphatic heterocycles.